The minimum Gasteiger partial charge on any atom is -0.481 e. The van der Waals surface area contributed by atoms with Crippen LogP contribution >= 0.6 is 0 Å². The van der Waals surface area contributed by atoms with Crippen LogP contribution in [-0.2, 0) is 4.79 Å². The van der Waals surface area contributed by atoms with E-state index in [0.717, 1.165) is 0 Å². The summed E-state index contributed by atoms with van der Waals surface area (Å²) in [5.41, 5.74) is 4.27. The smallest absolute Gasteiger partial charge is 0.312 e. The average molecular weight is 172 g/mol. The highest BCUT2D eigenvalue weighted by molar-refractivity contribution is 5.77. The molecule has 1 saturated carbocycles. The van der Waals surface area contributed by atoms with Crippen LogP contribution in [0.25, 0.3) is 0 Å². The molecule has 1 aliphatic carbocycles. The number of rotatable bonds is 2. The quantitative estimate of drug-likeness (QED) is 0.543. The summed E-state index contributed by atoms with van der Waals surface area (Å²) in [6.07, 6.45) is 1.28. The number of hydrogen-bond acceptors (Lipinski definition) is 2. The van der Waals surface area contributed by atoms with Gasteiger partial charge in [-0.2, -0.15) is 0 Å². The molecule has 1 fully saturated rings. The molecule has 0 aromatic heterocycles. The molecule has 0 aromatic rings. The maximum Gasteiger partial charge on any atom is 0.312 e. The number of urea groups is 1. The molecule has 68 valence electrons. The lowest BCUT2D eigenvalue weighted by Crippen LogP contribution is -2.61. The highest BCUT2D eigenvalue weighted by atomic mass is 16.4. The Morgan fingerprint density at radius 2 is 2.25 bits per heavy atom. The van der Waals surface area contributed by atoms with E-state index in [-0.39, 0.29) is 0 Å². The van der Waals surface area contributed by atoms with Gasteiger partial charge < -0.3 is 16.2 Å². The van der Waals surface area contributed by atoms with Crippen molar-refractivity contribution in [3.05, 3.63) is 0 Å². The molecular weight excluding hydrogens is 160 g/mol. The second kappa shape index (κ2) is 2.66. The summed E-state index contributed by atoms with van der Waals surface area (Å²) in [4.78, 5) is 21.1. The SMILES string of the molecule is CC1(NC(N)=O)CCC1C(=O)O. The third-order valence-corrected chi connectivity index (χ3v) is 2.43. The predicted molar refractivity (Wildman–Crippen MR) is 41.5 cm³/mol. The fraction of sp³-hybridized carbons (Fsp3) is 0.714. The van der Waals surface area contributed by atoms with Crippen molar-refractivity contribution in [3.63, 3.8) is 0 Å². The van der Waals surface area contributed by atoms with Gasteiger partial charge in [-0.05, 0) is 19.8 Å². The van der Waals surface area contributed by atoms with Gasteiger partial charge in [-0.25, -0.2) is 4.79 Å². The molecular formula is C7H12N2O3. The first-order valence-corrected chi connectivity index (χ1v) is 3.76. The van der Waals surface area contributed by atoms with Crippen molar-refractivity contribution in [1.82, 2.24) is 5.32 Å². The van der Waals surface area contributed by atoms with Crippen molar-refractivity contribution < 1.29 is 14.7 Å². The van der Waals surface area contributed by atoms with E-state index in [1.54, 1.807) is 6.92 Å². The van der Waals surface area contributed by atoms with Gasteiger partial charge in [0.05, 0.1) is 11.5 Å². The lowest BCUT2D eigenvalue weighted by atomic mass is 9.68. The highest BCUT2D eigenvalue weighted by Gasteiger charge is 2.47. The Balaban J connectivity index is 2.60. The summed E-state index contributed by atoms with van der Waals surface area (Å²) in [6, 6.07) is -0.663. The number of amides is 2. The van der Waals surface area contributed by atoms with Crippen molar-refractivity contribution in [2.24, 2.45) is 11.7 Å². The first kappa shape index (κ1) is 8.83. The molecule has 0 spiro atoms. The van der Waals surface area contributed by atoms with Gasteiger partial charge in [0.2, 0.25) is 0 Å². The van der Waals surface area contributed by atoms with Crippen molar-refractivity contribution >= 4 is 12.0 Å². The van der Waals surface area contributed by atoms with E-state index in [0.29, 0.717) is 12.8 Å². The summed E-state index contributed by atoms with van der Waals surface area (Å²) >= 11 is 0. The van der Waals surface area contributed by atoms with Crippen LogP contribution in [0.3, 0.4) is 0 Å². The van der Waals surface area contributed by atoms with Gasteiger partial charge in [0.1, 0.15) is 0 Å². The second-order valence-electron chi connectivity index (χ2n) is 3.34. The molecule has 0 bridgehead atoms. The van der Waals surface area contributed by atoms with Crippen LogP contribution < -0.4 is 11.1 Å². The minimum atomic E-state index is -0.877. The summed E-state index contributed by atoms with van der Waals surface area (Å²) < 4.78 is 0. The molecule has 12 heavy (non-hydrogen) atoms. The van der Waals surface area contributed by atoms with E-state index < -0.39 is 23.5 Å². The van der Waals surface area contributed by atoms with E-state index in [4.69, 9.17) is 10.8 Å². The predicted octanol–water partition coefficient (Wildman–Crippen LogP) is -0.0920. The summed E-state index contributed by atoms with van der Waals surface area (Å²) in [5.74, 6) is -1.37. The van der Waals surface area contributed by atoms with E-state index in [1.807, 2.05) is 0 Å². The standard InChI is InChI=1S/C7H12N2O3/c1-7(9-6(8)12)3-2-4(7)5(10)11/h4H,2-3H2,1H3,(H,10,11)(H3,8,9,12). The number of primary amides is 1. The van der Waals surface area contributed by atoms with Crippen LogP contribution in [0.2, 0.25) is 0 Å². The largest absolute Gasteiger partial charge is 0.481 e. The van der Waals surface area contributed by atoms with Crippen molar-refractivity contribution in [2.75, 3.05) is 0 Å². The number of carbonyl (C=O) groups is 2. The third-order valence-electron chi connectivity index (χ3n) is 2.43. The van der Waals surface area contributed by atoms with Gasteiger partial charge in [0, 0.05) is 0 Å². The fourth-order valence-corrected chi connectivity index (χ4v) is 1.55. The van der Waals surface area contributed by atoms with Crippen molar-refractivity contribution in [1.29, 1.82) is 0 Å². The van der Waals surface area contributed by atoms with Gasteiger partial charge in [0.25, 0.3) is 0 Å². The molecule has 2 unspecified atom stereocenters. The maximum absolute atomic E-state index is 10.6. The van der Waals surface area contributed by atoms with Crippen LogP contribution in [0.15, 0.2) is 0 Å². The van der Waals surface area contributed by atoms with Crippen molar-refractivity contribution in [3.8, 4) is 0 Å². The van der Waals surface area contributed by atoms with Crippen molar-refractivity contribution in [2.45, 2.75) is 25.3 Å². The van der Waals surface area contributed by atoms with Crippen LogP contribution in [0.4, 0.5) is 4.79 Å². The number of carboxylic acid groups (broad SMARTS) is 1. The van der Waals surface area contributed by atoms with Gasteiger partial charge in [-0.1, -0.05) is 0 Å². The monoisotopic (exact) mass is 172 g/mol. The van der Waals surface area contributed by atoms with Crippen LogP contribution in [0.1, 0.15) is 19.8 Å². The molecule has 2 amide bonds. The molecule has 0 radical (unpaired) electrons. The van der Waals surface area contributed by atoms with Crippen LogP contribution in [0.5, 0.6) is 0 Å². The number of hydrogen-bond donors (Lipinski definition) is 3. The summed E-state index contributed by atoms with van der Waals surface area (Å²) in [7, 11) is 0. The minimum absolute atomic E-state index is 0.495. The molecule has 0 aliphatic heterocycles. The summed E-state index contributed by atoms with van der Waals surface area (Å²) in [6.45, 7) is 1.69. The Morgan fingerprint density at radius 1 is 1.67 bits per heavy atom. The third kappa shape index (κ3) is 1.34. The zero-order chi connectivity index (χ0) is 9.35. The molecule has 0 heterocycles. The fourth-order valence-electron chi connectivity index (χ4n) is 1.55. The van der Waals surface area contributed by atoms with E-state index in [9.17, 15) is 9.59 Å². The van der Waals surface area contributed by atoms with Crippen LogP contribution in [-0.4, -0.2) is 22.6 Å². The second-order valence-corrected chi connectivity index (χ2v) is 3.34. The Labute approximate surface area is 69.9 Å². The molecule has 4 N–H and O–H groups in total. The molecule has 2 atom stereocenters. The Hall–Kier alpha value is -1.26. The Morgan fingerprint density at radius 3 is 2.50 bits per heavy atom. The number of nitrogens with one attached hydrogen (secondary N) is 1. The Kier molecular flexibility index (Phi) is 1.95. The van der Waals surface area contributed by atoms with E-state index in [2.05, 4.69) is 5.32 Å². The zero-order valence-corrected chi connectivity index (χ0v) is 6.83. The van der Waals surface area contributed by atoms with E-state index >= 15 is 0 Å². The first-order chi connectivity index (χ1) is 5.46. The van der Waals surface area contributed by atoms with Crippen LogP contribution in [0, 0.1) is 5.92 Å². The summed E-state index contributed by atoms with van der Waals surface area (Å²) in [5, 5.41) is 11.1. The molecule has 1 rings (SSSR count). The number of carboxylic acids is 1. The van der Waals surface area contributed by atoms with Gasteiger partial charge in [-0.3, -0.25) is 4.79 Å². The molecule has 5 nitrogen and oxygen atoms in total. The molecule has 0 saturated heterocycles. The lowest BCUT2D eigenvalue weighted by molar-refractivity contribution is -0.149. The molecule has 0 aromatic carbocycles. The topological polar surface area (TPSA) is 92.4 Å². The molecule has 1 aliphatic rings. The maximum atomic E-state index is 10.6. The Bertz CT molecular complexity index is 229. The van der Waals surface area contributed by atoms with Gasteiger partial charge >= 0.3 is 12.0 Å². The van der Waals surface area contributed by atoms with E-state index in [1.165, 1.54) is 0 Å². The van der Waals surface area contributed by atoms with Gasteiger partial charge in [-0.15, -0.1) is 0 Å². The number of nitrogens with two attached hydrogens (primary N) is 1. The number of aliphatic carboxylic acids is 1. The number of carbonyl (C=O) groups excluding carboxylic acids is 1. The first-order valence-electron chi connectivity index (χ1n) is 3.76. The van der Waals surface area contributed by atoms with Gasteiger partial charge in [0.15, 0.2) is 0 Å². The molecule has 5 heteroatoms. The average Bonchev–Trinajstić information content (AvgIpc) is 1.82. The zero-order valence-electron chi connectivity index (χ0n) is 6.83. The highest BCUT2D eigenvalue weighted by Crippen LogP contribution is 2.38. The lowest BCUT2D eigenvalue weighted by Gasteiger charge is -2.44. The normalized spacial score (nSPS) is 33.6.